The minimum Gasteiger partial charge on any atom is -0.383 e. The molecule has 0 aliphatic carbocycles. The Morgan fingerprint density at radius 3 is 2.69 bits per heavy atom. The molecule has 5 heteroatoms. The predicted molar refractivity (Wildman–Crippen MR) is 48.0 cm³/mol. The van der Waals surface area contributed by atoms with Gasteiger partial charge in [0.15, 0.2) is 6.29 Å². The van der Waals surface area contributed by atoms with Gasteiger partial charge >= 0.3 is 0 Å². The zero-order valence-corrected chi connectivity index (χ0v) is 7.73. The zero-order chi connectivity index (χ0) is 9.68. The molecule has 0 fully saturated rings. The maximum Gasteiger partial charge on any atom is 0.161 e. The van der Waals surface area contributed by atoms with E-state index < -0.39 is 0 Å². The van der Waals surface area contributed by atoms with E-state index in [0.717, 1.165) is 5.56 Å². The van der Waals surface area contributed by atoms with Gasteiger partial charge in [-0.1, -0.05) is 0 Å². The summed E-state index contributed by atoms with van der Waals surface area (Å²) in [5, 5.41) is 0. The summed E-state index contributed by atoms with van der Waals surface area (Å²) in [5.41, 5.74) is 6.45. The van der Waals surface area contributed by atoms with E-state index in [2.05, 4.69) is 9.97 Å². The van der Waals surface area contributed by atoms with Gasteiger partial charge in [-0.25, -0.2) is 9.97 Å². The van der Waals surface area contributed by atoms with Crippen LogP contribution in [0.5, 0.6) is 0 Å². The van der Waals surface area contributed by atoms with E-state index in [-0.39, 0.29) is 6.29 Å². The lowest BCUT2D eigenvalue weighted by molar-refractivity contribution is -0.100. The number of aromatic nitrogens is 2. The highest BCUT2D eigenvalue weighted by atomic mass is 16.7. The van der Waals surface area contributed by atoms with E-state index in [4.69, 9.17) is 15.2 Å². The summed E-state index contributed by atoms with van der Waals surface area (Å²) in [6.07, 6.45) is 3.33. The van der Waals surface area contributed by atoms with Gasteiger partial charge in [-0.05, 0) is 0 Å². The van der Waals surface area contributed by atoms with E-state index in [1.807, 2.05) is 0 Å². The molecule has 5 nitrogen and oxygen atoms in total. The molecule has 0 saturated heterocycles. The van der Waals surface area contributed by atoms with Crippen molar-refractivity contribution in [3.05, 3.63) is 18.1 Å². The summed E-state index contributed by atoms with van der Waals surface area (Å²) < 4.78 is 10.1. The van der Waals surface area contributed by atoms with Crippen molar-refractivity contribution in [2.24, 2.45) is 0 Å². The van der Waals surface area contributed by atoms with Crippen LogP contribution in [0.1, 0.15) is 5.56 Å². The minimum absolute atomic E-state index is 0.298. The molecule has 0 radical (unpaired) electrons. The monoisotopic (exact) mass is 183 g/mol. The molecule has 72 valence electrons. The first-order valence-corrected chi connectivity index (χ1v) is 3.88. The lowest BCUT2D eigenvalue weighted by Crippen LogP contribution is -2.17. The fraction of sp³-hybridized carbons (Fsp3) is 0.500. The van der Waals surface area contributed by atoms with Crippen molar-refractivity contribution < 1.29 is 9.47 Å². The van der Waals surface area contributed by atoms with Crippen LogP contribution in [0.15, 0.2) is 12.5 Å². The number of hydrogen-bond acceptors (Lipinski definition) is 5. The van der Waals surface area contributed by atoms with Crippen molar-refractivity contribution in [3.8, 4) is 0 Å². The fourth-order valence-electron chi connectivity index (χ4n) is 0.968. The van der Waals surface area contributed by atoms with Crippen molar-refractivity contribution in [1.82, 2.24) is 9.97 Å². The van der Waals surface area contributed by atoms with Crippen molar-refractivity contribution in [1.29, 1.82) is 0 Å². The number of nitrogens with zero attached hydrogens (tertiary/aromatic N) is 2. The Labute approximate surface area is 76.9 Å². The molecule has 0 aliphatic heterocycles. The Kier molecular flexibility index (Phi) is 3.60. The summed E-state index contributed by atoms with van der Waals surface area (Å²) in [4.78, 5) is 7.72. The fourth-order valence-corrected chi connectivity index (χ4v) is 0.968. The van der Waals surface area contributed by atoms with Gasteiger partial charge in [-0.3, -0.25) is 0 Å². The summed E-state index contributed by atoms with van der Waals surface area (Å²) >= 11 is 0. The number of anilines is 1. The molecule has 0 spiro atoms. The van der Waals surface area contributed by atoms with Crippen LogP contribution in [0, 0.1) is 0 Å². The SMILES string of the molecule is COC(Cc1cncnc1N)OC. The molecule has 0 aliphatic rings. The Morgan fingerprint density at radius 1 is 1.46 bits per heavy atom. The van der Waals surface area contributed by atoms with Crippen LogP contribution in [-0.4, -0.2) is 30.5 Å². The van der Waals surface area contributed by atoms with Gasteiger partial charge in [0, 0.05) is 32.4 Å². The summed E-state index contributed by atoms with van der Waals surface area (Å²) in [7, 11) is 3.16. The number of nitrogen functional groups attached to an aromatic ring is 1. The molecule has 0 aromatic carbocycles. The number of hydrogen-bond donors (Lipinski definition) is 1. The molecule has 0 bridgehead atoms. The second kappa shape index (κ2) is 4.74. The molecule has 0 saturated carbocycles. The molecule has 13 heavy (non-hydrogen) atoms. The first-order valence-electron chi connectivity index (χ1n) is 3.88. The minimum atomic E-state index is -0.298. The Morgan fingerprint density at radius 2 is 2.15 bits per heavy atom. The van der Waals surface area contributed by atoms with Gasteiger partial charge in [0.25, 0.3) is 0 Å². The largest absolute Gasteiger partial charge is 0.383 e. The number of nitrogens with two attached hydrogens (primary N) is 1. The average molecular weight is 183 g/mol. The molecule has 1 aromatic heterocycles. The summed E-state index contributed by atoms with van der Waals surface area (Å²) in [6.45, 7) is 0. The maximum atomic E-state index is 5.62. The molecule has 2 N–H and O–H groups in total. The molecular weight excluding hydrogens is 170 g/mol. The van der Waals surface area contributed by atoms with Gasteiger partial charge in [0.2, 0.25) is 0 Å². The quantitative estimate of drug-likeness (QED) is 0.676. The third kappa shape index (κ3) is 2.64. The molecule has 1 rings (SSSR count). The van der Waals surface area contributed by atoms with E-state index in [0.29, 0.717) is 12.2 Å². The van der Waals surface area contributed by atoms with E-state index in [1.54, 1.807) is 20.4 Å². The van der Waals surface area contributed by atoms with Gasteiger partial charge in [-0.15, -0.1) is 0 Å². The normalized spacial score (nSPS) is 10.7. The topological polar surface area (TPSA) is 70.3 Å². The van der Waals surface area contributed by atoms with Crippen LogP contribution in [-0.2, 0) is 15.9 Å². The number of rotatable bonds is 4. The lowest BCUT2D eigenvalue weighted by Gasteiger charge is -2.13. The Hall–Kier alpha value is -1.20. The van der Waals surface area contributed by atoms with Gasteiger partial charge in [0.05, 0.1) is 0 Å². The van der Waals surface area contributed by atoms with Gasteiger partial charge in [-0.2, -0.15) is 0 Å². The number of ether oxygens (including phenoxy) is 2. The van der Waals surface area contributed by atoms with Crippen LogP contribution in [0.25, 0.3) is 0 Å². The van der Waals surface area contributed by atoms with Crippen LogP contribution in [0.3, 0.4) is 0 Å². The zero-order valence-electron chi connectivity index (χ0n) is 7.73. The molecule has 0 atom stereocenters. The molecular formula is C8H13N3O2. The van der Waals surface area contributed by atoms with Crippen molar-refractivity contribution in [3.63, 3.8) is 0 Å². The summed E-state index contributed by atoms with van der Waals surface area (Å²) in [6, 6.07) is 0. The third-order valence-corrected chi connectivity index (χ3v) is 1.74. The summed E-state index contributed by atoms with van der Waals surface area (Å²) in [5.74, 6) is 0.467. The molecule has 1 aromatic rings. The van der Waals surface area contributed by atoms with Crippen LogP contribution in [0.4, 0.5) is 5.82 Å². The molecule has 0 amide bonds. The first kappa shape index (κ1) is 9.88. The second-order valence-corrected chi connectivity index (χ2v) is 2.54. The van der Waals surface area contributed by atoms with Gasteiger partial charge < -0.3 is 15.2 Å². The standard InChI is InChI=1S/C8H13N3O2/c1-12-7(13-2)3-6-4-10-5-11-8(6)9/h4-5,7H,3H2,1-2H3,(H2,9,10,11). The van der Waals surface area contributed by atoms with Crippen LogP contribution in [0.2, 0.25) is 0 Å². The van der Waals surface area contributed by atoms with Crippen molar-refractivity contribution >= 4 is 5.82 Å². The Bertz CT molecular complexity index is 263. The maximum absolute atomic E-state index is 5.62. The highest BCUT2D eigenvalue weighted by molar-refractivity contribution is 5.36. The lowest BCUT2D eigenvalue weighted by atomic mass is 10.2. The van der Waals surface area contributed by atoms with Crippen molar-refractivity contribution in [2.75, 3.05) is 20.0 Å². The first-order chi connectivity index (χ1) is 6.27. The van der Waals surface area contributed by atoms with E-state index >= 15 is 0 Å². The van der Waals surface area contributed by atoms with Crippen LogP contribution < -0.4 is 5.73 Å². The number of methoxy groups -OCH3 is 2. The second-order valence-electron chi connectivity index (χ2n) is 2.54. The van der Waals surface area contributed by atoms with Crippen LogP contribution >= 0.6 is 0 Å². The van der Waals surface area contributed by atoms with Gasteiger partial charge in [0.1, 0.15) is 12.1 Å². The average Bonchev–Trinajstić information content (AvgIpc) is 2.17. The smallest absolute Gasteiger partial charge is 0.161 e. The third-order valence-electron chi connectivity index (χ3n) is 1.74. The van der Waals surface area contributed by atoms with E-state index in [1.165, 1.54) is 6.33 Å². The highest BCUT2D eigenvalue weighted by Gasteiger charge is 2.09. The highest BCUT2D eigenvalue weighted by Crippen LogP contribution is 2.09. The van der Waals surface area contributed by atoms with Crippen molar-refractivity contribution in [2.45, 2.75) is 12.7 Å². The predicted octanol–water partition coefficient (Wildman–Crippen LogP) is 0.220. The molecule has 0 unspecified atom stereocenters. The van der Waals surface area contributed by atoms with E-state index in [9.17, 15) is 0 Å². The Balaban J connectivity index is 2.67. The molecule has 1 heterocycles.